The first kappa shape index (κ1) is 18.3. The predicted octanol–water partition coefficient (Wildman–Crippen LogP) is 2.14. The van der Waals surface area contributed by atoms with E-state index >= 15 is 0 Å². The molecule has 138 valence electrons. The molecule has 3 aromatic rings. The Morgan fingerprint density at radius 1 is 1.23 bits per heavy atom. The molecule has 0 aromatic carbocycles. The molecule has 0 saturated heterocycles. The highest BCUT2D eigenvalue weighted by atomic mass is 79.9. The Bertz CT molecular complexity index is 963. The summed E-state index contributed by atoms with van der Waals surface area (Å²) in [5, 5.41) is 13.6. The predicted molar refractivity (Wildman–Crippen MR) is 98.8 cm³/mol. The molecule has 0 bridgehead atoms. The van der Waals surface area contributed by atoms with Crippen LogP contribution in [0.1, 0.15) is 5.69 Å². The van der Waals surface area contributed by atoms with Crippen LogP contribution in [0.25, 0.3) is 11.0 Å². The Morgan fingerprint density at radius 3 is 2.54 bits per heavy atom. The maximum Gasteiger partial charge on any atom is 0.427 e. The summed E-state index contributed by atoms with van der Waals surface area (Å²) in [4.78, 5) is 8.28. The summed E-state index contributed by atoms with van der Waals surface area (Å²) in [5.41, 5.74) is 6.47. The average molecular weight is 445 g/mol. The van der Waals surface area contributed by atoms with Crippen LogP contribution in [0, 0.1) is 5.21 Å². The van der Waals surface area contributed by atoms with Gasteiger partial charge in [0.25, 0.3) is 5.75 Å². The minimum Gasteiger partial charge on any atom is -0.616 e. The monoisotopic (exact) mass is 443 g/mol. The Hall–Kier alpha value is -2.46. The van der Waals surface area contributed by atoms with Gasteiger partial charge in [-0.2, -0.15) is 4.98 Å². The number of pyridine rings is 1. The minimum atomic E-state index is -0.0597. The van der Waals surface area contributed by atoms with Gasteiger partial charge in [0.05, 0.1) is 26.7 Å². The summed E-state index contributed by atoms with van der Waals surface area (Å²) < 4.78 is 18.5. The van der Waals surface area contributed by atoms with Gasteiger partial charge in [0.15, 0.2) is 10.8 Å². The summed E-state index contributed by atoms with van der Waals surface area (Å²) >= 11 is 9.74. The Kier molecular flexibility index (Phi) is 4.97. The fourth-order valence-corrected chi connectivity index (χ4v) is 3.43. The topological polar surface area (TPSA) is 111 Å². The average Bonchev–Trinajstić information content (AvgIpc) is 3.01. The van der Waals surface area contributed by atoms with E-state index in [4.69, 9.17) is 31.5 Å². The van der Waals surface area contributed by atoms with Gasteiger partial charge in [0, 0.05) is 6.20 Å². The van der Waals surface area contributed by atoms with Crippen LogP contribution in [-0.4, -0.2) is 35.9 Å². The standard InChI is InChI=1S/C15H15BrClN5O4/c1-24-10-9(17)8(22(23)14(26-3)11(10)25-2)6-21-5-4-7-12(16)19-15(18)20-13(7)21/h4-5H,6H2,1-3H3,(H2,18,19,20). The van der Waals surface area contributed by atoms with Gasteiger partial charge < -0.3 is 29.7 Å². The third-order valence-corrected chi connectivity index (χ3v) is 4.79. The van der Waals surface area contributed by atoms with Crippen LogP contribution in [0.2, 0.25) is 5.02 Å². The van der Waals surface area contributed by atoms with E-state index in [0.717, 1.165) is 5.39 Å². The minimum absolute atomic E-state index is 0.0597. The number of hydrogen-bond donors (Lipinski definition) is 1. The van der Waals surface area contributed by atoms with Crippen molar-refractivity contribution in [1.82, 2.24) is 14.5 Å². The zero-order chi connectivity index (χ0) is 19.0. The number of fused-ring (bicyclic) bond motifs is 1. The molecule has 2 N–H and O–H groups in total. The molecule has 0 spiro atoms. The van der Waals surface area contributed by atoms with Gasteiger partial charge in [0.1, 0.15) is 16.8 Å². The smallest absolute Gasteiger partial charge is 0.427 e. The van der Waals surface area contributed by atoms with Crippen molar-refractivity contribution in [3.8, 4) is 17.4 Å². The van der Waals surface area contributed by atoms with E-state index in [0.29, 0.717) is 15.0 Å². The molecule has 26 heavy (non-hydrogen) atoms. The number of aromatic nitrogens is 4. The second-order valence-corrected chi connectivity index (χ2v) is 6.31. The van der Waals surface area contributed by atoms with Crippen molar-refractivity contribution in [2.24, 2.45) is 0 Å². The van der Waals surface area contributed by atoms with E-state index in [2.05, 4.69) is 25.9 Å². The summed E-state index contributed by atoms with van der Waals surface area (Å²) in [6, 6.07) is 1.81. The van der Waals surface area contributed by atoms with E-state index in [1.807, 2.05) is 0 Å². The van der Waals surface area contributed by atoms with Gasteiger partial charge >= 0.3 is 5.88 Å². The van der Waals surface area contributed by atoms with Crippen LogP contribution >= 0.6 is 27.5 Å². The summed E-state index contributed by atoms with van der Waals surface area (Å²) in [6.45, 7) is 0.103. The van der Waals surface area contributed by atoms with E-state index in [9.17, 15) is 5.21 Å². The fourth-order valence-electron chi connectivity index (χ4n) is 2.64. The van der Waals surface area contributed by atoms with E-state index in [1.54, 1.807) is 16.8 Å². The molecule has 0 saturated carbocycles. The van der Waals surface area contributed by atoms with Gasteiger partial charge in [0.2, 0.25) is 11.6 Å². The third-order valence-electron chi connectivity index (χ3n) is 3.79. The zero-order valence-corrected chi connectivity index (χ0v) is 16.5. The Balaban J connectivity index is 2.20. The molecular formula is C15H15BrClN5O4. The molecule has 0 unspecified atom stereocenters. The van der Waals surface area contributed by atoms with E-state index in [-0.39, 0.29) is 40.6 Å². The first-order valence-electron chi connectivity index (χ1n) is 7.30. The maximum atomic E-state index is 12.8. The lowest BCUT2D eigenvalue weighted by Gasteiger charge is -2.16. The van der Waals surface area contributed by atoms with Crippen LogP contribution in [0.3, 0.4) is 0 Å². The molecule has 0 aliphatic carbocycles. The van der Waals surface area contributed by atoms with Crippen LogP contribution in [0.15, 0.2) is 16.9 Å². The quantitative estimate of drug-likeness (QED) is 0.364. The van der Waals surface area contributed by atoms with Crippen LogP contribution in [0.5, 0.6) is 17.4 Å². The maximum absolute atomic E-state index is 12.8. The lowest BCUT2D eigenvalue weighted by atomic mass is 10.3. The normalized spacial score (nSPS) is 11.0. The summed E-state index contributed by atoms with van der Waals surface area (Å²) in [7, 11) is 4.19. The zero-order valence-electron chi connectivity index (χ0n) is 14.1. The van der Waals surface area contributed by atoms with E-state index < -0.39 is 0 Å². The van der Waals surface area contributed by atoms with Gasteiger partial charge in [-0.25, -0.2) is 4.98 Å². The van der Waals surface area contributed by atoms with Crippen molar-refractivity contribution in [1.29, 1.82) is 0 Å². The second kappa shape index (κ2) is 7.04. The molecule has 0 radical (unpaired) electrons. The summed E-state index contributed by atoms with van der Waals surface area (Å²) in [6.07, 6.45) is 1.75. The van der Waals surface area contributed by atoms with Gasteiger partial charge in [-0.05, 0) is 22.0 Å². The third kappa shape index (κ3) is 2.84. The highest BCUT2D eigenvalue weighted by molar-refractivity contribution is 9.10. The molecule has 3 heterocycles. The number of halogens is 2. The van der Waals surface area contributed by atoms with Crippen molar-refractivity contribution >= 4 is 44.5 Å². The van der Waals surface area contributed by atoms with Crippen molar-refractivity contribution in [3.05, 3.63) is 32.8 Å². The number of nitrogens with two attached hydrogens (primary N) is 1. The van der Waals surface area contributed by atoms with Crippen molar-refractivity contribution in [3.63, 3.8) is 0 Å². The first-order chi connectivity index (χ1) is 12.4. The molecule has 11 heteroatoms. The lowest BCUT2D eigenvalue weighted by Crippen LogP contribution is -2.36. The highest BCUT2D eigenvalue weighted by Gasteiger charge is 2.31. The van der Waals surface area contributed by atoms with Crippen LogP contribution in [0.4, 0.5) is 5.95 Å². The molecule has 3 rings (SSSR count). The van der Waals surface area contributed by atoms with Crippen molar-refractivity contribution in [2.45, 2.75) is 6.54 Å². The molecule has 0 fully saturated rings. The Labute approximate surface area is 162 Å². The summed E-state index contributed by atoms with van der Waals surface area (Å²) in [5.74, 6) is 0.371. The number of methoxy groups -OCH3 is 3. The molecule has 0 aliphatic heterocycles. The largest absolute Gasteiger partial charge is 0.616 e. The highest BCUT2D eigenvalue weighted by Crippen LogP contribution is 2.41. The number of rotatable bonds is 5. The number of nitrogens with zero attached hydrogens (tertiary/aromatic N) is 4. The van der Waals surface area contributed by atoms with Gasteiger partial charge in [-0.1, -0.05) is 11.6 Å². The number of hydrogen-bond acceptors (Lipinski definition) is 7. The van der Waals surface area contributed by atoms with Crippen molar-refractivity contribution in [2.75, 3.05) is 27.1 Å². The molecule has 0 amide bonds. The number of ether oxygens (including phenoxy) is 3. The van der Waals surface area contributed by atoms with Crippen molar-refractivity contribution < 1.29 is 18.9 Å². The molecule has 0 aliphatic rings. The lowest BCUT2D eigenvalue weighted by molar-refractivity contribution is -0.621. The van der Waals surface area contributed by atoms with Gasteiger partial charge in [-0.3, -0.25) is 0 Å². The molecule has 0 atom stereocenters. The Morgan fingerprint density at radius 2 is 1.92 bits per heavy atom. The number of anilines is 1. The molecule has 3 aromatic heterocycles. The fraction of sp³-hybridized carbons (Fsp3) is 0.267. The molecular weight excluding hydrogens is 430 g/mol. The SMILES string of the molecule is COc1c(Cl)c(Cn2ccc3c(Br)nc(N)nc32)[n+]([O-])c(OC)c1OC. The van der Waals surface area contributed by atoms with Gasteiger partial charge in [-0.15, -0.1) is 4.73 Å². The molecule has 9 nitrogen and oxygen atoms in total. The van der Waals surface area contributed by atoms with E-state index in [1.165, 1.54) is 21.3 Å². The second-order valence-electron chi connectivity index (χ2n) is 5.18. The number of nitrogen functional groups attached to an aromatic ring is 1. The van der Waals surface area contributed by atoms with Crippen LogP contribution in [-0.2, 0) is 6.54 Å². The first-order valence-corrected chi connectivity index (χ1v) is 8.47. The van der Waals surface area contributed by atoms with Crippen LogP contribution < -0.4 is 24.7 Å².